The van der Waals surface area contributed by atoms with Crippen molar-refractivity contribution in [2.24, 2.45) is 23.7 Å². The van der Waals surface area contributed by atoms with E-state index in [0.29, 0.717) is 11.8 Å². The van der Waals surface area contributed by atoms with Crippen molar-refractivity contribution in [3.8, 4) is 6.07 Å². The molecule has 86 valence electrons. The first-order valence-corrected chi connectivity index (χ1v) is 6.34. The van der Waals surface area contributed by atoms with Crippen LogP contribution in [-0.2, 0) is 4.79 Å². The maximum Gasteiger partial charge on any atom is 0.218 e. The van der Waals surface area contributed by atoms with Gasteiger partial charge >= 0.3 is 0 Å². The smallest absolute Gasteiger partial charge is 0.218 e. The van der Waals surface area contributed by atoms with E-state index in [4.69, 9.17) is 0 Å². The second-order valence-corrected chi connectivity index (χ2v) is 5.97. The Kier molecular flexibility index (Phi) is 2.04. The Balaban J connectivity index is 1.94. The number of hydrogen-bond acceptors (Lipinski definition) is 2. The van der Waals surface area contributed by atoms with E-state index in [9.17, 15) is 10.1 Å². The number of amides is 1. The van der Waals surface area contributed by atoms with Crippen molar-refractivity contribution >= 4 is 5.91 Å². The topological polar surface area (TPSA) is 52.9 Å². The van der Waals surface area contributed by atoms with Gasteiger partial charge in [0.2, 0.25) is 5.91 Å². The van der Waals surface area contributed by atoms with Crippen LogP contribution in [0.25, 0.3) is 0 Å². The second-order valence-electron chi connectivity index (χ2n) is 5.97. The molecule has 4 rings (SSSR count). The molecule has 0 radical (unpaired) electrons. The lowest BCUT2D eigenvalue weighted by atomic mass is 9.49. The predicted octanol–water partition coefficient (Wildman–Crippen LogP) is 1.84. The van der Waals surface area contributed by atoms with Crippen molar-refractivity contribution in [1.82, 2.24) is 5.32 Å². The quantitative estimate of drug-likeness (QED) is 0.730. The lowest BCUT2D eigenvalue weighted by molar-refractivity contribution is -0.125. The minimum atomic E-state index is -0.529. The zero-order valence-corrected chi connectivity index (χ0v) is 9.70. The highest BCUT2D eigenvalue weighted by Gasteiger charge is 2.58. The molecule has 0 aliphatic heterocycles. The van der Waals surface area contributed by atoms with E-state index < -0.39 is 5.54 Å². The fraction of sp³-hybridized carbons (Fsp3) is 0.846. The summed E-state index contributed by atoms with van der Waals surface area (Å²) in [6, 6.07) is 2.46. The van der Waals surface area contributed by atoms with Crippen LogP contribution in [0.3, 0.4) is 0 Å². The molecule has 1 N–H and O–H groups in total. The van der Waals surface area contributed by atoms with Gasteiger partial charge in [0.25, 0.3) is 0 Å². The van der Waals surface area contributed by atoms with Gasteiger partial charge in [-0.1, -0.05) is 0 Å². The Morgan fingerprint density at radius 2 is 1.69 bits per heavy atom. The molecule has 3 heteroatoms. The summed E-state index contributed by atoms with van der Waals surface area (Å²) in [5.74, 6) is 2.44. The van der Waals surface area contributed by atoms with Crippen molar-refractivity contribution in [2.45, 2.75) is 44.6 Å². The van der Waals surface area contributed by atoms with Gasteiger partial charge in [-0.3, -0.25) is 4.79 Å². The molecule has 3 nitrogen and oxygen atoms in total. The second kappa shape index (κ2) is 3.23. The van der Waals surface area contributed by atoms with Gasteiger partial charge < -0.3 is 5.32 Å². The summed E-state index contributed by atoms with van der Waals surface area (Å²) >= 11 is 0. The number of carbonyl (C=O) groups is 1. The molecular weight excluding hydrogens is 200 g/mol. The molecule has 0 heterocycles. The van der Waals surface area contributed by atoms with Gasteiger partial charge in [0.15, 0.2) is 0 Å². The number of carbonyl (C=O) groups excluding carboxylic acids is 1. The summed E-state index contributed by atoms with van der Waals surface area (Å²) < 4.78 is 0. The first-order chi connectivity index (χ1) is 7.64. The molecule has 0 aromatic heterocycles. The lowest BCUT2D eigenvalue weighted by Gasteiger charge is -2.58. The van der Waals surface area contributed by atoms with Crippen LogP contribution in [0.1, 0.15) is 39.0 Å². The van der Waals surface area contributed by atoms with Gasteiger partial charge in [0.05, 0.1) is 6.07 Å². The zero-order chi connectivity index (χ0) is 11.3. The predicted molar refractivity (Wildman–Crippen MR) is 59.2 cm³/mol. The average molecular weight is 218 g/mol. The molecule has 0 aromatic carbocycles. The molecule has 0 atom stereocenters. The minimum Gasteiger partial charge on any atom is -0.338 e. The summed E-state index contributed by atoms with van der Waals surface area (Å²) in [5, 5.41) is 12.5. The van der Waals surface area contributed by atoms with Crippen LogP contribution in [0.5, 0.6) is 0 Å². The number of rotatable bonds is 1. The Morgan fingerprint density at radius 3 is 2.06 bits per heavy atom. The van der Waals surface area contributed by atoms with Crippen LogP contribution >= 0.6 is 0 Å². The largest absolute Gasteiger partial charge is 0.338 e. The molecule has 0 saturated heterocycles. The van der Waals surface area contributed by atoms with Crippen LogP contribution in [0, 0.1) is 35.0 Å². The first-order valence-electron chi connectivity index (χ1n) is 6.34. The molecule has 0 spiro atoms. The van der Waals surface area contributed by atoms with Gasteiger partial charge in [-0.25, -0.2) is 0 Å². The fourth-order valence-electron chi connectivity index (χ4n) is 4.63. The van der Waals surface area contributed by atoms with Gasteiger partial charge in [0, 0.05) is 6.92 Å². The molecule has 4 aliphatic carbocycles. The minimum absolute atomic E-state index is 0.0472. The summed E-state index contributed by atoms with van der Waals surface area (Å²) in [7, 11) is 0. The van der Waals surface area contributed by atoms with E-state index in [1.807, 2.05) is 0 Å². The van der Waals surface area contributed by atoms with Crippen LogP contribution in [0.15, 0.2) is 0 Å². The van der Waals surface area contributed by atoms with Gasteiger partial charge in [0.1, 0.15) is 5.54 Å². The number of nitrogens with one attached hydrogen (secondary N) is 1. The summed E-state index contributed by atoms with van der Waals surface area (Å²) in [6.45, 7) is 1.53. The summed E-state index contributed by atoms with van der Waals surface area (Å²) in [5.41, 5.74) is -0.529. The highest BCUT2D eigenvalue weighted by molar-refractivity contribution is 5.74. The van der Waals surface area contributed by atoms with E-state index in [1.165, 1.54) is 13.3 Å². The molecular formula is C13H18N2O. The van der Waals surface area contributed by atoms with E-state index >= 15 is 0 Å². The van der Waals surface area contributed by atoms with Gasteiger partial charge in [-0.15, -0.1) is 0 Å². The maximum absolute atomic E-state index is 11.3. The number of nitriles is 1. The summed E-state index contributed by atoms with van der Waals surface area (Å²) in [4.78, 5) is 11.3. The van der Waals surface area contributed by atoms with Crippen molar-refractivity contribution in [1.29, 1.82) is 5.26 Å². The Labute approximate surface area is 96.2 Å². The van der Waals surface area contributed by atoms with E-state index in [0.717, 1.165) is 37.5 Å². The van der Waals surface area contributed by atoms with Gasteiger partial charge in [-0.2, -0.15) is 5.26 Å². The van der Waals surface area contributed by atoms with Crippen LogP contribution in [0.4, 0.5) is 0 Å². The van der Waals surface area contributed by atoms with Crippen LogP contribution in [0.2, 0.25) is 0 Å². The number of nitrogens with zero attached hydrogens (tertiary/aromatic N) is 1. The lowest BCUT2D eigenvalue weighted by Crippen LogP contribution is -2.65. The Morgan fingerprint density at radius 1 is 1.19 bits per heavy atom. The Hall–Kier alpha value is -1.04. The molecule has 0 aromatic rings. The van der Waals surface area contributed by atoms with E-state index in [1.54, 1.807) is 0 Å². The van der Waals surface area contributed by atoms with Crippen molar-refractivity contribution < 1.29 is 4.79 Å². The molecule has 0 unspecified atom stereocenters. The molecule has 4 bridgehead atoms. The third kappa shape index (κ3) is 1.22. The normalized spacial score (nSPS) is 48.8. The molecule has 4 aliphatic rings. The average Bonchev–Trinajstić information content (AvgIpc) is 2.22. The fourth-order valence-corrected chi connectivity index (χ4v) is 4.63. The highest BCUT2D eigenvalue weighted by Crippen LogP contribution is 2.58. The monoisotopic (exact) mass is 218 g/mol. The molecule has 16 heavy (non-hydrogen) atoms. The Bertz CT molecular complexity index is 341. The number of hydrogen-bond donors (Lipinski definition) is 1. The molecule has 4 saturated carbocycles. The molecule has 4 fully saturated rings. The standard InChI is InChI=1S/C13H18N2O/c1-8(16)15-13(7-14)11-3-9-2-10(5-11)6-12(13)4-9/h9-12H,2-6H2,1H3,(H,15,16). The highest BCUT2D eigenvalue weighted by atomic mass is 16.1. The summed E-state index contributed by atoms with van der Waals surface area (Å²) in [6.07, 6.45) is 5.98. The van der Waals surface area contributed by atoms with Crippen molar-refractivity contribution in [3.63, 3.8) is 0 Å². The third-order valence-electron chi connectivity index (χ3n) is 4.99. The third-order valence-corrected chi connectivity index (χ3v) is 4.99. The van der Waals surface area contributed by atoms with Crippen molar-refractivity contribution in [2.75, 3.05) is 0 Å². The van der Waals surface area contributed by atoms with Crippen molar-refractivity contribution in [3.05, 3.63) is 0 Å². The van der Waals surface area contributed by atoms with Gasteiger partial charge in [-0.05, 0) is 55.8 Å². The zero-order valence-electron chi connectivity index (χ0n) is 9.70. The van der Waals surface area contributed by atoms with E-state index in [-0.39, 0.29) is 5.91 Å². The first kappa shape index (κ1) is 10.1. The molecule has 1 amide bonds. The maximum atomic E-state index is 11.3. The van der Waals surface area contributed by atoms with E-state index in [2.05, 4.69) is 11.4 Å². The van der Waals surface area contributed by atoms with Crippen LogP contribution in [-0.4, -0.2) is 11.4 Å². The van der Waals surface area contributed by atoms with Crippen LogP contribution < -0.4 is 5.32 Å². The SMILES string of the molecule is CC(=O)NC1(C#N)C2CC3CC(C2)CC1C3.